The Bertz CT molecular complexity index is 2570. The average molecular weight is 793 g/mol. The second-order valence-electron chi connectivity index (χ2n) is 12.8. The molecule has 0 spiro atoms. The molecule has 284 valence electrons. The van der Waals surface area contributed by atoms with Crippen molar-refractivity contribution in [3.63, 3.8) is 0 Å². The first-order chi connectivity index (χ1) is 25.5. The molecule has 0 radical (unpaired) electrons. The predicted octanol–water partition coefficient (Wildman–Crippen LogP) is 8.90. The van der Waals surface area contributed by atoms with Gasteiger partial charge in [0.05, 0.1) is 45.9 Å². The number of alkyl halides is 3. The zero-order valence-corrected chi connectivity index (χ0v) is 30.5. The molecule has 0 unspecified atom stereocenters. The van der Waals surface area contributed by atoms with Gasteiger partial charge in [-0.2, -0.15) is 31.8 Å². The van der Waals surface area contributed by atoms with E-state index in [4.69, 9.17) is 14.8 Å². The second-order valence-corrected chi connectivity index (χ2v) is 15.3. The molecule has 2 aromatic carbocycles. The van der Waals surface area contributed by atoms with Gasteiger partial charge < -0.3 is 8.92 Å². The number of pyridine rings is 1. The molecule has 6 aromatic rings. The fourth-order valence-electron chi connectivity index (χ4n) is 6.50. The van der Waals surface area contributed by atoms with Crippen molar-refractivity contribution in [2.45, 2.75) is 51.2 Å². The van der Waals surface area contributed by atoms with Crippen LogP contribution in [0.15, 0.2) is 48.0 Å². The van der Waals surface area contributed by atoms with E-state index in [-0.39, 0.29) is 46.4 Å². The van der Waals surface area contributed by atoms with Crippen molar-refractivity contribution in [3.05, 3.63) is 71.1 Å². The van der Waals surface area contributed by atoms with Crippen LogP contribution >= 0.6 is 11.3 Å². The second kappa shape index (κ2) is 13.6. The molecule has 0 aliphatic carbocycles. The van der Waals surface area contributed by atoms with Gasteiger partial charge in [-0.25, -0.2) is 22.9 Å². The van der Waals surface area contributed by atoms with Crippen molar-refractivity contribution in [2.75, 3.05) is 13.2 Å². The third-order valence-electron chi connectivity index (χ3n) is 9.06. The molecule has 7 rings (SSSR count). The molecule has 5 heterocycles. The molecule has 0 N–H and O–H groups in total. The lowest BCUT2D eigenvalue weighted by Crippen LogP contribution is -2.43. The Morgan fingerprint density at radius 2 is 1.78 bits per heavy atom. The summed E-state index contributed by atoms with van der Waals surface area (Å²) in [5.74, 6) is -5.39. The molecule has 1 amide bonds. The van der Waals surface area contributed by atoms with E-state index < -0.39 is 68.1 Å². The zero-order valence-electron chi connectivity index (χ0n) is 28.9. The fourth-order valence-corrected chi connectivity index (χ4v) is 7.90. The number of hydrogen-bond acceptors (Lipinski definition) is 9. The summed E-state index contributed by atoms with van der Waals surface area (Å²) in [5.41, 5.74) is -6.26. The number of benzene rings is 2. The summed E-state index contributed by atoms with van der Waals surface area (Å²) < 4.78 is 125. The monoisotopic (exact) mass is 792 g/mol. The Kier molecular flexibility index (Phi) is 9.36. The molecule has 0 bridgehead atoms. The van der Waals surface area contributed by atoms with Crippen LogP contribution in [-0.2, 0) is 21.9 Å². The van der Waals surface area contributed by atoms with Crippen LogP contribution in [-0.4, -0.2) is 62.6 Å². The molecule has 11 nitrogen and oxygen atoms in total. The number of aryl methyl sites for hydroxylation is 1. The lowest BCUT2D eigenvalue weighted by molar-refractivity contribution is -0.0500. The lowest BCUT2D eigenvalue weighted by Gasteiger charge is -2.36. The maximum absolute atomic E-state index is 16.2. The van der Waals surface area contributed by atoms with Gasteiger partial charge in [0.25, 0.3) is 0 Å². The van der Waals surface area contributed by atoms with Crippen molar-refractivity contribution in [1.29, 1.82) is 0 Å². The van der Waals surface area contributed by atoms with Gasteiger partial charge in [0.15, 0.2) is 5.75 Å². The van der Waals surface area contributed by atoms with Crippen molar-refractivity contribution >= 4 is 48.5 Å². The van der Waals surface area contributed by atoms with Gasteiger partial charge >= 0.3 is 21.7 Å². The number of rotatable bonds is 8. The van der Waals surface area contributed by atoms with Gasteiger partial charge in [-0.15, -0.1) is 11.3 Å². The van der Waals surface area contributed by atoms with Crippen LogP contribution in [0, 0.1) is 17.5 Å². The summed E-state index contributed by atoms with van der Waals surface area (Å²) in [6.07, 6.45) is 2.68. The molecule has 2 atom stereocenters. The Morgan fingerprint density at radius 1 is 1.02 bits per heavy atom. The van der Waals surface area contributed by atoms with Crippen molar-refractivity contribution in [2.24, 2.45) is 7.05 Å². The van der Waals surface area contributed by atoms with Crippen molar-refractivity contribution < 1.29 is 48.5 Å². The number of hydrogen-bond donors (Lipinski definition) is 0. The lowest BCUT2D eigenvalue weighted by atomic mass is 9.94. The van der Waals surface area contributed by atoms with Crippen molar-refractivity contribution in [3.8, 4) is 39.5 Å². The van der Waals surface area contributed by atoms with E-state index in [9.17, 15) is 30.8 Å². The van der Waals surface area contributed by atoms with E-state index in [1.807, 2.05) is 6.92 Å². The highest BCUT2D eigenvalue weighted by Gasteiger charge is 2.49. The summed E-state index contributed by atoms with van der Waals surface area (Å²) in [5, 5.41) is 10.6. The minimum Gasteiger partial charge on any atom is -0.449 e. The standard InChI is InChI=1S/C35H30F6N6O5S2/c1-5-6-9-51-34(48)46-14-17(2)47-26(18(46)3)13-25(44-47)32-30(28-22(37)11-21(36)12-27(28)52-54(49,50)35(39,40)41)29-23(38)16-53-33(29)31(42-32)19-7-8-20-15-45(4)43-24(20)10-19/h7-8,10-13,15-18H,5-6,9,14H2,1-4H3/t17-,18+/m0/s1. The normalized spacial score (nSPS) is 16.3. The number of ether oxygens (including phenoxy) is 1. The molecule has 1 aliphatic rings. The first kappa shape index (κ1) is 37.2. The molecule has 4 aromatic heterocycles. The molecule has 54 heavy (non-hydrogen) atoms. The highest BCUT2D eigenvalue weighted by Crippen LogP contribution is 2.49. The van der Waals surface area contributed by atoms with Crippen LogP contribution in [0.3, 0.4) is 0 Å². The highest BCUT2D eigenvalue weighted by molar-refractivity contribution is 7.88. The molecule has 0 saturated carbocycles. The van der Waals surface area contributed by atoms with Gasteiger partial charge in [0, 0.05) is 59.2 Å². The van der Waals surface area contributed by atoms with Crippen LogP contribution in [0.5, 0.6) is 5.75 Å². The quantitative estimate of drug-likeness (QED) is 0.0649. The first-order valence-electron chi connectivity index (χ1n) is 16.6. The van der Waals surface area contributed by atoms with E-state index in [2.05, 4.69) is 9.28 Å². The van der Waals surface area contributed by atoms with E-state index in [1.165, 1.54) is 11.0 Å². The maximum Gasteiger partial charge on any atom is 0.534 e. The number of unbranched alkanes of at least 4 members (excludes halogenated alkanes) is 1. The topological polar surface area (TPSA) is 121 Å². The minimum absolute atomic E-state index is 0.0408. The summed E-state index contributed by atoms with van der Waals surface area (Å²) in [6, 6.07) is 6.11. The molecule has 0 fully saturated rings. The van der Waals surface area contributed by atoms with Crippen molar-refractivity contribution in [1.82, 2.24) is 29.4 Å². The number of aromatic nitrogens is 5. The third kappa shape index (κ3) is 6.41. The Hall–Kier alpha value is -5.17. The molecule has 19 heteroatoms. The summed E-state index contributed by atoms with van der Waals surface area (Å²) in [4.78, 5) is 19.4. The van der Waals surface area contributed by atoms with Gasteiger partial charge in [-0.05, 0) is 32.4 Å². The van der Waals surface area contributed by atoms with Crippen LogP contribution < -0.4 is 4.18 Å². The number of fused-ring (bicyclic) bond motifs is 3. The van der Waals surface area contributed by atoms with E-state index >= 15 is 8.78 Å². The van der Waals surface area contributed by atoms with Crippen LogP contribution in [0.25, 0.3) is 54.8 Å². The van der Waals surface area contributed by atoms with Crippen LogP contribution in [0.2, 0.25) is 0 Å². The molecular weight excluding hydrogens is 763 g/mol. The Labute approximate surface area is 307 Å². The largest absolute Gasteiger partial charge is 0.534 e. The summed E-state index contributed by atoms with van der Waals surface area (Å²) >= 11 is 0.848. The summed E-state index contributed by atoms with van der Waals surface area (Å²) in [7, 11) is -4.75. The molecule has 0 saturated heterocycles. The van der Waals surface area contributed by atoms with E-state index in [0.717, 1.165) is 28.5 Å². The zero-order chi connectivity index (χ0) is 38.9. The van der Waals surface area contributed by atoms with E-state index in [0.29, 0.717) is 29.3 Å². The minimum atomic E-state index is -6.47. The van der Waals surface area contributed by atoms with Gasteiger partial charge in [0.1, 0.15) is 28.8 Å². The van der Waals surface area contributed by atoms with Gasteiger partial charge in [-0.3, -0.25) is 14.3 Å². The number of halogens is 6. The van der Waals surface area contributed by atoms with Gasteiger partial charge in [0.2, 0.25) is 0 Å². The average Bonchev–Trinajstić information content (AvgIpc) is 3.81. The molecule has 1 aliphatic heterocycles. The predicted molar refractivity (Wildman–Crippen MR) is 188 cm³/mol. The number of nitrogens with zero attached hydrogens (tertiary/aromatic N) is 6. The third-order valence-corrected chi connectivity index (χ3v) is 11.0. The first-order valence-corrected chi connectivity index (χ1v) is 18.9. The number of thiophene rings is 1. The number of carbonyl (C=O) groups is 1. The number of carbonyl (C=O) groups excluding carboxylic acids is 1. The van der Waals surface area contributed by atoms with E-state index in [1.54, 1.807) is 54.7 Å². The maximum atomic E-state index is 16.2. The number of amides is 1. The Morgan fingerprint density at radius 3 is 2.50 bits per heavy atom. The van der Waals surface area contributed by atoms with Gasteiger partial charge in [-0.1, -0.05) is 25.5 Å². The molecular formula is C35H30F6N6O5S2. The highest BCUT2D eigenvalue weighted by atomic mass is 32.2. The van der Waals surface area contributed by atoms with Crippen LogP contribution in [0.4, 0.5) is 31.1 Å². The Balaban J connectivity index is 1.51. The summed E-state index contributed by atoms with van der Waals surface area (Å²) in [6.45, 7) is 5.83. The SMILES string of the molecule is CCCCOC(=O)N1C[C@H](C)n2nc(-c3nc(-c4ccc5cn(C)nc5c4)c4scc(F)c4c3-c3c(F)cc(F)cc3OS(=O)(=O)C(F)(F)F)cc2[C@H]1C. The van der Waals surface area contributed by atoms with Crippen LogP contribution in [0.1, 0.15) is 51.4 Å². The smallest absolute Gasteiger partial charge is 0.449 e. The fraction of sp³-hybridized carbons (Fsp3) is 0.314.